The second-order valence-electron chi connectivity index (χ2n) is 3.50. The van der Waals surface area contributed by atoms with E-state index < -0.39 is 0 Å². The van der Waals surface area contributed by atoms with Crippen LogP contribution in [0.15, 0.2) is 0 Å². The normalized spacial score (nSPS) is 40.5. The summed E-state index contributed by atoms with van der Waals surface area (Å²) in [7, 11) is 1.83. The van der Waals surface area contributed by atoms with Gasteiger partial charge in [0.15, 0.2) is 0 Å². The van der Waals surface area contributed by atoms with Crippen LogP contribution in [0.4, 0.5) is 0 Å². The maximum absolute atomic E-state index is 5.36. The molecule has 0 aromatic rings. The van der Waals surface area contributed by atoms with Crippen LogP contribution in [0, 0.1) is 11.8 Å². The van der Waals surface area contributed by atoms with Crippen LogP contribution in [-0.2, 0) is 4.74 Å². The highest BCUT2D eigenvalue weighted by atomic mass is 16.5. The van der Waals surface area contributed by atoms with Gasteiger partial charge in [-0.15, -0.1) is 0 Å². The van der Waals surface area contributed by atoms with E-state index in [2.05, 4.69) is 13.8 Å². The van der Waals surface area contributed by atoms with Crippen LogP contribution in [0.5, 0.6) is 0 Å². The summed E-state index contributed by atoms with van der Waals surface area (Å²) in [6.45, 7) is 4.57. The third-order valence-corrected chi connectivity index (χ3v) is 2.79. The maximum Gasteiger partial charge on any atom is 0.0599 e. The largest absolute Gasteiger partial charge is 0.381 e. The van der Waals surface area contributed by atoms with E-state index in [9.17, 15) is 0 Å². The highest BCUT2D eigenvalue weighted by molar-refractivity contribution is 4.80. The van der Waals surface area contributed by atoms with Crippen molar-refractivity contribution < 1.29 is 4.74 Å². The number of methoxy groups -OCH3 is 1. The Kier molecular flexibility index (Phi) is 2.72. The molecule has 0 saturated heterocycles. The monoisotopic (exact) mass is 142 g/mol. The molecule has 0 aromatic heterocycles. The van der Waals surface area contributed by atoms with Gasteiger partial charge in [0.25, 0.3) is 0 Å². The molecule has 1 saturated carbocycles. The van der Waals surface area contributed by atoms with E-state index in [1.807, 2.05) is 7.11 Å². The minimum atomic E-state index is 0.546. The van der Waals surface area contributed by atoms with E-state index >= 15 is 0 Å². The summed E-state index contributed by atoms with van der Waals surface area (Å²) in [5.41, 5.74) is 0. The first-order chi connectivity index (χ1) is 4.77. The molecular formula is C9H18O. The van der Waals surface area contributed by atoms with E-state index in [-0.39, 0.29) is 0 Å². The fourth-order valence-electron chi connectivity index (χ4n) is 2.00. The Morgan fingerprint density at radius 3 is 2.40 bits per heavy atom. The number of ether oxygens (including phenoxy) is 1. The van der Waals surface area contributed by atoms with Crippen molar-refractivity contribution in [2.45, 2.75) is 39.2 Å². The zero-order valence-electron chi connectivity index (χ0n) is 7.26. The molecule has 10 heavy (non-hydrogen) atoms. The van der Waals surface area contributed by atoms with Crippen molar-refractivity contribution in [3.05, 3.63) is 0 Å². The van der Waals surface area contributed by atoms with Crippen LogP contribution in [0.1, 0.15) is 33.1 Å². The number of hydrogen-bond donors (Lipinski definition) is 0. The second kappa shape index (κ2) is 3.38. The fourth-order valence-corrected chi connectivity index (χ4v) is 2.00. The van der Waals surface area contributed by atoms with Crippen LogP contribution in [0.2, 0.25) is 0 Å². The van der Waals surface area contributed by atoms with Crippen LogP contribution < -0.4 is 0 Å². The first kappa shape index (κ1) is 8.06. The van der Waals surface area contributed by atoms with Crippen LogP contribution in [-0.4, -0.2) is 13.2 Å². The minimum Gasteiger partial charge on any atom is -0.381 e. The predicted molar refractivity (Wildman–Crippen MR) is 43.0 cm³/mol. The molecule has 0 N–H and O–H groups in total. The quantitative estimate of drug-likeness (QED) is 0.575. The molecule has 0 bridgehead atoms. The highest BCUT2D eigenvalue weighted by Gasteiger charge is 2.29. The van der Waals surface area contributed by atoms with Gasteiger partial charge in [0, 0.05) is 7.11 Å². The van der Waals surface area contributed by atoms with Crippen molar-refractivity contribution in [2.75, 3.05) is 7.11 Å². The van der Waals surface area contributed by atoms with Crippen molar-refractivity contribution in [1.29, 1.82) is 0 Å². The highest BCUT2D eigenvalue weighted by Crippen LogP contribution is 2.34. The van der Waals surface area contributed by atoms with E-state index in [1.54, 1.807) is 0 Å². The van der Waals surface area contributed by atoms with Crippen molar-refractivity contribution in [3.8, 4) is 0 Å². The molecule has 0 spiro atoms. The van der Waals surface area contributed by atoms with Gasteiger partial charge in [-0.2, -0.15) is 0 Å². The summed E-state index contributed by atoms with van der Waals surface area (Å²) >= 11 is 0. The summed E-state index contributed by atoms with van der Waals surface area (Å²) in [5, 5.41) is 0. The van der Waals surface area contributed by atoms with Crippen molar-refractivity contribution in [1.82, 2.24) is 0 Å². The number of rotatable bonds is 2. The predicted octanol–water partition coefficient (Wildman–Crippen LogP) is 2.46. The Labute approximate surface area is 63.8 Å². The van der Waals surface area contributed by atoms with Gasteiger partial charge in [0.05, 0.1) is 6.10 Å². The van der Waals surface area contributed by atoms with Crippen LogP contribution in [0.25, 0.3) is 0 Å². The SMILES string of the molecule is CCC1CC(C)C(OC)C1. The summed E-state index contributed by atoms with van der Waals surface area (Å²) in [6.07, 6.45) is 4.53. The molecule has 1 rings (SSSR count). The standard InChI is InChI=1S/C9H18O/c1-4-8-5-7(2)9(6-8)10-3/h7-9H,4-6H2,1-3H3. The molecular weight excluding hydrogens is 124 g/mol. The zero-order chi connectivity index (χ0) is 7.56. The molecule has 0 amide bonds. The van der Waals surface area contributed by atoms with Gasteiger partial charge in [-0.05, 0) is 24.7 Å². The Morgan fingerprint density at radius 2 is 2.10 bits per heavy atom. The third-order valence-electron chi connectivity index (χ3n) is 2.79. The average Bonchev–Trinajstić information content (AvgIpc) is 2.30. The molecule has 0 aromatic carbocycles. The van der Waals surface area contributed by atoms with Gasteiger partial charge in [-0.1, -0.05) is 20.3 Å². The summed E-state index contributed by atoms with van der Waals surface area (Å²) in [6, 6.07) is 0. The minimum absolute atomic E-state index is 0.546. The Morgan fingerprint density at radius 1 is 1.40 bits per heavy atom. The molecule has 1 heteroatoms. The summed E-state index contributed by atoms with van der Waals surface area (Å²) in [4.78, 5) is 0. The molecule has 0 radical (unpaired) electrons. The van der Waals surface area contributed by atoms with E-state index in [4.69, 9.17) is 4.74 Å². The zero-order valence-corrected chi connectivity index (χ0v) is 7.26. The smallest absolute Gasteiger partial charge is 0.0599 e. The molecule has 1 aliphatic rings. The second-order valence-corrected chi connectivity index (χ2v) is 3.50. The van der Waals surface area contributed by atoms with Gasteiger partial charge < -0.3 is 4.74 Å². The van der Waals surface area contributed by atoms with Gasteiger partial charge >= 0.3 is 0 Å². The first-order valence-corrected chi connectivity index (χ1v) is 4.30. The lowest BCUT2D eigenvalue weighted by molar-refractivity contribution is 0.0756. The number of hydrogen-bond acceptors (Lipinski definition) is 1. The average molecular weight is 142 g/mol. The van der Waals surface area contributed by atoms with E-state index in [0.717, 1.165) is 11.8 Å². The molecule has 1 fully saturated rings. The third kappa shape index (κ3) is 1.51. The Hall–Kier alpha value is -0.0400. The fraction of sp³-hybridized carbons (Fsp3) is 1.00. The maximum atomic E-state index is 5.36. The van der Waals surface area contributed by atoms with E-state index in [1.165, 1.54) is 19.3 Å². The molecule has 0 aliphatic heterocycles. The Balaban J connectivity index is 2.36. The Bertz CT molecular complexity index is 101. The summed E-state index contributed by atoms with van der Waals surface area (Å²) < 4.78 is 5.36. The first-order valence-electron chi connectivity index (χ1n) is 4.30. The lowest BCUT2D eigenvalue weighted by Crippen LogP contribution is -2.12. The lowest BCUT2D eigenvalue weighted by atomic mass is 10.0. The van der Waals surface area contributed by atoms with Crippen molar-refractivity contribution in [2.24, 2.45) is 11.8 Å². The molecule has 3 unspecified atom stereocenters. The van der Waals surface area contributed by atoms with Gasteiger partial charge in [-0.3, -0.25) is 0 Å². The molecule has 60 valence electrons. The lowest BCUT2D eigenvalue weighted by Gasteiger charge is -2.11. The van der Waals surface area contributed by atoms with Crippen LogP contribution in [0.3, 0.4) is 0 Å². The van der Waals surface area contributed by atoms with Gasteiger partial charge in [0.1, 0.15) is 0 Å². The topological polar surface area (TPSA) is 9.23 Å². The van der Waals surface area contributed by atoms with Crippen molar-refractivity contribution in [3.63, 3.8) is 0 Å². The summed E-state index contributed by atoms with van der Waals surface area (Å²) in [5.74, 6) is 1.72. The molecule has 3 atom stereocenters. The van der Waals surface area contributed by atoms with Gasteiger partial charge in [0.2, 0.25) is 0 Å². The van der Waals surface area contributed by atoms with Crippen molar-refractivity contribution >= 4 is 0 Å². The van der Waals surface area contributed by atoms with Crippen LogP contribution >= 0.6 is 0 Å². The van der Waals surface area contributed by atoms with E-state index in [0.29, 0.717) is 6.10 Å². The molecule has 1 nitrogen and oxygen atoms in total. The van der Waals surface area contributed by atoms with Gasteiger partial charge in [-0.25, -0.2) is 0 Å². The molecule has 1 aliphatic carbocycles. The molecule has 0 heterocycles.